The number of rotatable bonds is 7. The van der Waals surface area contributed by atoms with Gasteiger partial charge in [0.15, 0.2) is 0 Å². The van der Waals surface area contributed by atoms with Crippen molar-refractivity contribution < 1.29 is 9.53 Å². The lowest BCUT2D eigenvalue weighted by Crippen LogP contribution is -2.38. The normalized spacial score (nSPS) is 11.9. The van der Waals surface area contributed by atoms with Crippen molar-refractivity contribution >= 4 is 23.3 Å². The van der Waals surface area contributed by atoms with Crippen LogP contribution in [-0.2, 0) is 0 Å². The minimum absolute atomic E-state index is 0.153. The third-order valence-corrected chi connectivity index (χ3v) is 3.57. The Morgan fingerprint density at radius 3 is 2.71 bits per heavy atom. The summed E-state index contributed by atoms with van der Waals surface area (Å²) in [6.07, 6.45) is 2.92. The molecule has 0 aliphatic rings. The molecule has 4 nitrogen and oxygen atoms in total. The number of carbonyl (C=O) groups is 1. The van der Waals surface area contributed by atoms with E-state index in [0.29, 0.717) is 23.1 Å². The Labute approximate surface area is 132 Å². The Bertz CT molecular complexity index is 466. The SMILES string of the molecule is CCCOc1ccc(Cl)cc1NC(=O)N(C)[C@@H](C)CCC. The lowest BCUT2D eigenvalue weighted by molar-refractivity contribution is 0.204. The fourth-order valence-electron chi connectivity index (χ4n) is 1.95. The highest BCUT2D eigenvalue weighted by Gasteiger charge is 2.16. The van der Waals surface area contributed by atoms with Crippen LogP contribution >= 0.6 is 11.6 Å². The van der Waals surface area contributed by atoms with Crippen LogP contribution in [0.15, 0.2) is 18.2 Å². The molecule has 0 aliphatic heterocycles. The molecule has 0 heterocycles. The molecule has 21 heavy (non-hydrogen) atoms. The third kappa shape index (κ3) is 5.46. The zero-order valence-electron chi connectivity index (χ0n) is 13.3. The summed E-state index contributed by atoms with van der Waals surface area (Å²) < 4.78 is 5.64. The van der Waals surface area contributed by atoms with Crippen molar-refractivity contribution in [3.8, 4) is 5.75 Å². The van der Waals surface area contributed by atoms with Gasteiger partial charge in [0.1, 0.15) is 5.75 Å². The van der Waals surface area contributed by atoms with Crippen molar-refractivity contribution in [2.75, 3.05) is 19.0 Å². The van der Waals surface area contributed by atoms with Gasteiger partial charge < -0.3 is 15.0 Å². The lowest BCUT2D eigenvalue weighted by atomic mass is 10.2. The van der Waals surface area contributed by atoms with Crippen molar-refractivity contribution in [2.45, 2.75) is 46.1 Å². The molecule has 0 spiro atoms. The summed E-state index contributed by atoms with van der Waals surface area (Å²) in [7, 11) is 1.80. The molecule has 0 aliphatic carbocycles. The summed E-state index contributed by atoms with van der Waals surface area (Å²) in [4.78, 5) is 14.0. The molecule has 0 saturated carbocycles. The fraction of sp³-hybridized carbons (Fsp3) is 0.562. The van der Waals surface area contributed by atoms with Gasteiger partial charge in [-0.3, -0.25) is 0 Å². The second-order valence-electron chi connectivity index (χ2n) is 5.17. The maximum Gasteiger partial charge on any atom is 0.321 e. The minimum Gasteiger partial charge on any atom is -0.491 e. The average Bonchev–Trinajstić information content (AvgIpc) is 2.45. The zero-order valence-corrected chi connectivity index (χ0v) is 14.0. The average molecular weight is 313 g/mol. The van der Waals surface area contributed by atoms with Gasteiger partial charge >= 0.3 is 6.03 Å². The molecule has 2 amide bonds. The van der Waals surface area contributed by atoms with E-state index in [1.54, 1.807) is 30.1 Å². The van der Waals surface area contributed by atoms with E-state index < -0.39 is 0 Å². The van der Waals surface area contributed by atoms with E-state index in [1.165, 1.54) is 0 Å². The molecule has 0 bridgehead atoms. The number of ether oxygens (including phenoxy) is 1. The molecule has 1 aromatic rings. The molecule has 0 fully saturated rings. The maximum atomic E-state index is 12.3. The van der Waals surface area contributed by atoms with E-state index in [-0.39, 0.29) is 12.1 Å². The molecule has 0 saturated heterocycles. The second kappa shape index (κ2) is 8.78. The van der Waals surface area contributed by atoms with Crippen molar-refractivity contribution in [2.24, 2.45) is 0 Å². The van der Waals surface area contributed by atoms with Gasteiger partial charge in [0.05, 0.1) is 12.3 Å². The summed E-state index contributed by atoms with van der Waals surface area (Å²) in [5.41, 5.74) is 0.608. The predicted molar refractivity (Wildman–Crippen MR) is 88.4 cm³/mol. The van der Waals surface area contributed by atoms with Crippen LogP contribution in [0, 0.1) is 0 Å². The number of nitrogens with one attached hydrogen (secondary N) is 1. The van der Waals surface area contributed by atoms with Crippen LogP contribution in [0.2, 0.25) is 5.02 Å². The molecule has 1 N–H and O–H groups in total. The van der Waals surface area contributed by atoms with Crippen LogP contribution in [0.5, 0.6) is 5.75 Å². The Morgan fingerprint density at radius 1 is 1.38 bits per heavy atom. The highest BCUT2D eigenvalue weighted by atomic mass is 35.5. The van der Waals surface area contributed by atoms with Gasteiger partial charge in [-0.25, -0.2) is 4.79 Å². The number of benzene rings is 1. The quantitative estimate of drug-likeness (QED) is 0.787. The topological polar surface area (TPSA) is 41.6 Å². The van der Waals surface area contributed by atoms with Crippen molar-refractivity contribution in [3.63, 3.8) is 0 Å². The van der Waals surface area contributed by atoms with Gasteiger partial charge in [-0.2, -0.15) is 0 Å². The summed E-state index contributed by atoms with van der Waals surface area (Å²) in [5.74, 6) is 0.645. The molecule has 0 aromatic heterocycles. The third-order valence-electron chi connectivity index (χ3n) is 3.33. The Kier molecular flexibility index (Phi) is 7.37. The fourth-order valence-corrected chi connectivity index (χ4v) is 2.12. The summed E-state index contributed by atoms with van der Waals surface area (Å²) in [5, 5.41) is 3.44. The number of hydrogen-bond acceptors (Lipinski definition) is 2. The van der Waals surface area contributed by atoms with Crippen molar-refractivity contribution in [1.29, 1.82) is 0 Å². The smallest absolute Gasteiger partial charge is 0.321 e. The summed E-state index contributed by atoms with van der Waals surface area (Å²) >= 11 is 6.01. The monoisotopic (exact) mass is 312 g/mol. The van der Waals surface area contributed by atoms with Crippen molar-refractivity contribution in [1.82, 2.24) is 4.90 Å². The van der Waals surface area contributed by atoms with E-state index in [2.05, 4.69) is 12.2 Å². The number of urea groups is 1. The molecule has 1 atom stereocenters. The largest absolute Gasteiger partial charge is 0.491 e. The zero-order chi connectivity index (χ0) is 15.8. The molecule has 118 valence electrons. The Morgan fingerprint density at radius 2 is 2.10 bits per heavy atom. The number of halogens is 1. The van der Waals surface area contributed by atoms with Gasteiger partial charge in [0.2, 0.25) is 0 Å². The van der Waals surface area contributed by atoms with E-state index in [9.17, 15) is 4.79 Å². The number of hydrogen-bond donors (Lipinski definition) is 1. The summed E-state index contributed by atoms with van der Waals surface area (Å²) in [6, 6.07) is 5.28. The molecule has 0 unspecified atom stereocenters. The van der Waals surface area contributed by atoms with Crippen molar-refractivity contribution in [3.05, 3.63) is 23.2 Å². The molecular formula is C16H25ClN2O2. The minimum atomic E-state index is -0.153. The van der Waals surface area contributed by atoms with E-state index in [1.807, 2.05) is 13.8 Å². The highest BCUT2D eigenvalue weighted by molar-refractivity contribution is 6.31. The molecule has 1 aromatic carbocycles. The standard InChI is InChI=1S/C16H25ClN2O2/c1-5-7-12(3)19(4)16(20)18-14-11-13(17)8-9-15(14)21-10-6-2/h8-9,11-12H,5-7,10H2,1-4H3,(H,18,20)/t12-/m0/s1. The first-order chi connectivity index (χ1) is 9.99. The maximum absolute atomic E-state index is 12.3. The Hall–Kier alpha value is -1.42. The van der Waals surface area contributed by atoms with E-state index in [4.69, 9.17) is 16.3 Å². The van der Waals surface area contributed by atoms with Crippen LogP contribution < -0.4 is 10.1 Å². The van der Waals surface area contributed by atoms with Gasteiger partial charge in [-0.1, -0.05) is 31.9 Å². The number of amides is 2. The van der Waals surface area contributed by atoms with Crippen LogP contribution in [0.4, 0.5) is 10.5 Å². The number of anilines is 1. The highest BCUT2D eigenvalue weighted by Crippen LogP contribution is 2.28. The molecule has 1 rings (SSSR count). The van der Waals surface area contributed by atoms with Crippen LogP contribution in [0.1, 0.15) is 40.0 Å². The number of carbonyl (C=O) groups excluding carboxylic acids is 1. The lowest BCUT2D eigenvalue weighted by Gasteiger charge is -2.25. The van der Waals surface area contributed by atoms with E-state index >= 15 is 0 Å². The van der Waals surface area contributed by atoms with E-state index in [0.717, 1.165) is 19.3 Å². The number of nitrogens with zero attached hydrogens (tertiary/aromatic N) is 1. The molecule has 0 radical (unpaired) electrons. The molecular weight excluding hydrogens is 288 g/mol. The van der Waals surface area contributed by atoms with Gasteiger partial charge in [0.25, 0.3) is 0 Å². The first-order valence-corrected chi connectivity index (χ1v) is 7.83. The van der Waals surface area contributed by atoms with Gasteiger partial charge in [-0.05, 0) is 38.0 Å². The summed E-state index contributed by atoms with van der Waals surface area (Å²) in [6.45, 7) is 6.78. The first kappa shape index (κ1) is 17.6. The molecule has 5 heteroatoms. The van der Waals surface area contributed by atoms with Crippen LogP contribution in [0.3, 0.4) is 0 Å². The Balaban J connectivity index is 2.80. The van der Waals surface area contributed by atoms with Gasteiger partial charge in [-0.15, -0.1) is 0 Å². The van der Waals surface area contributed by atoms with Gasteiger partial charge in [0, 0.05) is 18.1 Å². The second-order valence-corrected chi connectivity index (χ2v) is 5.60. The van der Waals surface area contributed by atoms with Crippen LogP contribution in [-0.4, -0.2) is 30.6 Å². The van der Waals surface area contributed by atoms with Crippen LogP contribution in [0.25, 0.3) is 0 Å². The predicted octanol–water partition coefficient (Wildman–Crippen LogP) is 4.78. The first-order valence-electron chi connectivity index (χ1n) is 7.45.